The van der Waals surface area contributed by atoms with E-state index in [9.17, 15) is 4.79 Å². The lowest BCUT2D eigenvalue weighted by molar-refractivity contribution is 0.0681. The second-order valence-corrected chi connectivity index (χ2v) is 1.97. The molecule has 1 heterocycles. The van der Waals surface area contributed by atoms with Crippen molar-refractivity contribution in [1.29, 1.82) is 0 Å². The molecule has 1 rings (SSSR count). The molecule has 11 heavy (non-hydrogen) atoms. The third-order valence-corrected chi connectivity index (χ3v) is 1.25. The van der Waals surface area contributed by atoms with Gasteiger partial charge in [-0.15, -0.1) is 0 Å². The Kier molecular flexibility index (Phi) is 2.22. The molecule has 0 unspecified atom stereocenters. The summed E-state index contributed by atoms with van der Waals surface area (Å²) in [5.41, 5.74) is 0.0963. The Bertz CT molecular complexity index is 256. The largest absolute Gasteiger partial charge is 0.477 e. The SMILES string of the molecule is O=C(O)c1ccnn1CCO. The van der Waals surface area contributed by atoms with Crippen LogP contribution < -0.4 is 0 Å². The minimum Gasteiger partial charge on any atom is -0.477 e. The van der Waals surface area contributed by atoms with E-state index in [2.05, 4.69) is 5.10 Å². The Morgan fingerprint density at radius 2 is 2.45 bits per heavy atom. The van der Waals surface area contributed by atoms with Gasteiger partial charge in [0.2, 0.25) is 0 Å². The predicted octanol–water partition coefficient (Wildman–Crippen LogP) is -0.426. The summed E-state index contributed by atoms with van der Waals surface area (Å²) < 4.78 is 1.24. The molecule has 5 nitrogen and oxygen atoms in total. The lowest BCUT2D eigenvalue weighted by Gasteiger charge is -1.99. The first kappa shape index (κ1) is 7.74. The number of aliphatic hydroxyl groups is 1. The number of carboxylic acids is 1. The Morgan fingerprint density at radius 1 is 1.73 bits per heavy atom. The molecule has 0 fully saturated rings. The van der Waals surface area contributed by atoms with E-state index < -0.39 is 5.97 Å². The number of carbonyl (C=O) groups is 1. The summed E-state index contributed by atoms with van der Waals surface area (Å²) in [5.74, 6) is -1.03. The predicted molar refractivity (Wildman–Crippen MR) is 36.3 cm³/mol. The molecule has 0 saturated carbocycles. The zero-order chi connectivity index (χ0) is 8.27. The lowest BCUT2D eigenvalue weighted by Crippen LogP contribution is -2.11. The molecule has 0 saturated heterocycles. The van der Waals surface area contributed by atoms with E-state index in [1.54, 1.807) is 0 Å². The maximum absolute atomic E-state index is 10.4. The number of nitrogens with zero attached hydrogens (tertiary/aromatic N) is 2. The van der Waals surface area contributed by atoms with Gasteiger partial charge in [0.15, 0.2) is 0 Å². The summed E-state index contributed by atoms with van der Waals surface area (Å²) in [6.07, 6.45) is 1.39. The maximum atomic E-state index is 10.4. The van der Waals surface area contributed by atoms with E-state index in [0.717, 1.165) is 0 Å². The average Bonchev–Trinajstić information content (AvgIpc) is 2.36. The highest BCUT2D eigenvalue weighted by Gasteiger charge is 2.08. The summed E-state index contributed by atoms with van der Waals surface area (Å²) in [6.45, 7) is 0.108. The van der Waals surface area contributed by atoms with Gasteiger partial charge in [-0.05, 0) is 6.07 Å². The molecule has 0 aliphatic rings. The molecular weight excluding hydrogens is 148 g/mol. The Morgan fingerprint density at radius 3 is 3.00 bits per heavy atom. The Labute approximate surface area is 62.9 Å². The minimum absolute atomic E-state index is 0.0963. The first-order valence-corrected chi connectivity index (χ1v) is 3.11. The van der Waals surface area contributed by atoms with Crippen molar-refractivity contribution in [3.8, 4) is 0 Å². The standard InChI is InChI=1S/C6H8N2O3/c9-4-3-8-5(6(10)11)1-2-7-8/h1-2,9H,3-4H2,(H,10,11). The van der Waals surface area contributed by atoms with E-state index in [-0.39, 0.29) is 18.8 Å². The van der Waals surface area contributed by atoms with Crippen LogP contribution in [0.5, 0.6) is 0 Å². The zero-order valence-electron chi connectivity index (χ0n) is 5.77. The van der Waals surface area contributed by atoms with E-state index in [1.165, 1.54) is 16.9 Å². The zero-order valence-corrected chi connectivity index (χ0v) is 5.77. The maximum Gasteiger partial charge on any atom is 0.354 e. The molecule has 0 aliphatic heterocycles. The first-order valence-electron chi connectivity index (χ1n) is 3.11. The van der Waals surface area contributed by atoms with Crippen molar-refractivity contribution >= 4 is 5.97 Å². The van der Waals surface area contributed by atoms with Gasteiger partial charge in [-0.1, -0.05) is 0 Å². The van der Waals surface area contributed by atoms with E-state index >= 15 is 0 Å². The first-order chi connectivity index (χ1) is 5.25. The molecule has 1 aromatic rings. The van der Waals surface area contributed by atoms with E-state index in [1.807, 2.05) is 0 Å². The molecule has 0 bridgehead atoms. The van der Waals surface area contributed by atoms with Gasteiger partial charge >= 0.3 is 5.97 Å². The highest BCUT2D eigenvalue weighted by molar-refractivity contribution is 5.85. The van der Waals surface area contributed by atoms with Gasteiger partial charge in [0.1, 0.15) is 5.69 Å². The second kappa shape index (κ2) is 3.16. The van der Waals surface area contributed by atoms with Crippen molar-refractivity contribution in [3.05, 3.63) is 18.0 Å². The number of aliphatic hydroxyl groups excluding tert-OH is 1. The average molecular weight is 156 g/mol. The topological polar surface area (TPSA) is 75.3 Å². The summed E-state index contributed by atoms with van der Waals surface area (Å²) in [7, 11) is 0. The van der Waals surface area contributed by atoms with Gasteiger partial charge < -0.3 is 10.2 Å². The van der Waals surface area contributed by atoms with Crippen LogP contribution in [0.15, 0.2) is 12.3 Å². The quantitative estimate of drug-likeness (QED) is 0.622. The molecular formula is C6H8N2O3. The fraction of sp³-hybridized carbons (Fsp3) is 0.333. The van der Waals surface area contributed by atoms with Crippen LogP contribution in [0.3, 0.4) is 0 Å². The number of hydrogen-bond acceptors (Lipinski definition) is 3. The van der Waals surface area contributed by atoms with Crippen LogP contribution in [0.4, 0.5) is 0 Å². The van der Waals surface area contributed by atoms with Crippen LogP contribution in [0.1, 0.15) is 10.5 Å². The smallest absolute Gasteiger partial charge is 0.354 e. The van der Waals surface area contributed by atoms with Crippen molar-refractivity contribution in [2.75, 3.05) is 6.61 Å². The fourth-order valence-electron chi connectivity index (χ4n) is 0.787. The van der Waals surface area contributed by atoms with Crippen molar-refractivity contribution in [2.45, 2.75) is 6.54 Å². The third-order valence-electron chi connectivity index (χ3n) is 1.25. The fourth-order valence-corrected chi connectivity index (χ4v) is 0.787. The van der Waals surface area contributed by atoms with Crippen LogP contribution >= 0.6 is 0 Å². The summed E-state index contributed by atoms with van der Waals surface area (Å²) in [5, 5.41) is 20.7. The number of carboxylic acid groups (broad SMARTS) is 1. The molecule has 0 aliphatic carbocycles. The summed E-state index contributed by atoms with van der Waals surface area (Å²) >= 11 is 0. The van der Waals surface area contributed by atoms with Gasteiger partial charge in [0.05, 0.1) is 13.2 Å². The van der Waals surface area contributed by atoms with Crippen LogP contribution in [0.2, 0.25) is 0 Å². The van der Waals surface area contributed by atoms with Crippen LogP contribution in [0, 0.1) is 0 Å². The molecule has 60 valence electrons. The molecule has 0 radical (unpaired) electrons. The number of rotatable bonds is 3. The van der Waals surface area contributed by atoms with Gasteiger partial charge in [-0.3, -0.25) is 4.68 Å². The monoisotopic (exact) mass is 156 g/mol. The molecule has 1 aromatic heterocycles. The Balaban J connectivity index is 2.87. The van der Waals surface area contributed by atoms with E-state index in [4.69, 9.17) is 10.2 Å². The summed E-state index contributed by atoms with van der Waals surface area (Å²) in [4.78, 5) is 10.4. The van der Waals surface area contributed by atoms with Crippen molar-refractivity contribution < 1.29 is 15.0 Å². The van der Waals surface area contributed by atoms with Gasteiger partial charge in [-0.2, -0.15) is 5.10 Å². The Hall–Kier alpha value is -1.36. The van der Waals surface area contributed by atoms with E-state index in [0.29, 0.717) is 0 Å². The highest BCUT2D eigenvalue weighted by Crippen LogP contribution is 1.97. The summed E-state index contributed by atoms with van der Waals surface area (Å²) in [6, 6.07) is 1.39. The highest BCUT2D eigenvalue weighted by atomic mass is 16.4. The minimum atomic E-state index is -1.03. The normalized spacial score (nSPS) is 9.91. The number of hydrogen-bond donors (Lipinski definition) is 2. The van der Waals surface area contributed by atoms with Gasteiger partial charge in [-0.25, -0.2) is 4.79 Å². The van der Waals surface area contributed by atoms with Crippen LogP contribution in [-0.4, -0.2) is 32.6 Å². The number of aromatic nitrogens is 2. The molecule has 0 spiro atoms. The second-order valence-electron chi connectivity index (χ2n) is 1.97. The molecule has 0 aromatic carbocycles. The molecule has 5 heteroatoms. The van der Waals surface area contributed by atoms with Gasteiger partial charge in [0.25, 0.3) is 0 Å². The molecule has 0 atom stereocenters. The van der Waals surface area contributed by atoms with Crippen LogP contribution in [0.25, 0.3) is 0 Å². The number of aromatic carboxylic acids is 1. The van der Waals surface area contributed by atoms with Crippen molar-refractivity contribution in [1.82, 2.24) is 9.78 Å². The molecule has 2 N–H and O–H groups in total. The van der Waals surface area contributed by atoms with Crippen molar-refractivity contribution in [2.24, 2.45) is 0 Å². The lowest BCUT2D eigenvalue weighted by atomic mass is 10.4. The van der Waals surface area contributed by atoms with Gasteiger partial charge in [0, 0.05) is 6.20 Å². The van der Waals surface area contributed by atoms with Crippen molar-refractivity contribution in [3.63, 3.8) is 0 Å². The third kappa shape index (κ3) is 1.56. The molecule has 0 amide bonds. The van der Waals surface area contributed by atoms with Crippen LogP contribution in [-0.2, 0) is 6.54 Å².